The summed E-state index contributed by atoms with van der Waals surface area (Å²) in [6.07, 6.45) is 0. The van der Waals surface area contributed by atoms with Crippen molar-refractivity contribution in [1.29, 1.82) is 0 Å². The number of benzene rings is 2. The highest BCUT2D eigenvalue weighted by Gasteiger charge is 2.54. The topological polar surface area (TPSA) is 126 Å². The Morgan fingerprint density at radius 1 is 0.971 bits per heavy atom. The molecule has 0 saturated carbocycles. The van der Waals surface area contributed by atoms with Gasteiger partial charge in [-0.1, -0.05) is 53.7 Å². The molecule has 2 heterocycles. The van der Waals surface area contributed by atoms with Gasteiger partial charge in [-0.25, -0.2) is 0 Å². The van der Waals surface area contributed by atoms with Gasteiger partial charge >= 0.3 is 5.97 Å². The number of ether oxygens (including phenoxy) is 3. The van der Waals surface area contributed by atoms with Crippen molar-refractivity contribution in [3.8, 4) is 23.0 Å². The molecule has 2 aliphatic heterocycles. The zero-order valence-electron chi connectivity index (χ0n) is 20.3. The van der Waals surface area contributed by atoms with Gasteiger partial charge in [0.25, 0.3) is 0 Å². The quantitative estimate of drug-likeness (QED) is 0.534. The maximum absolute atomic E-state index is 12.5. The Balaban J connectivity index is 2.06. The van der Waals surface area contributed by atoms with E-state index in [4.69, 9.17) is 14.2 Å². The fraction of sp³-hybridized carbons (Fsp3) is 0.500. The van der Waals surface area contributed by atoms with E-state index in [2.05, 4.69) is 0 Å². The molecule has 8 nitrogen and oxygen atoms in total. The second-order valence-corrected chi connectivity index (χ2v) is 11.1. The number of aliphatic carboxylic acids is 1. The van der Waals surface area contributed by atoms with Crippen molar-refractivity contribution in [2.45, 2.75) is 64.1 Å². The first kappa shape index (κ1) is 24.2. The zero-order chi connectivity index (χ0) is 25.2. The Bertz CT molecular complexity index is 1110. The van der Waals surface area contributed by atoms with Crippen LogP contribution in [0.5, 0.6) is 23.0 Å². The van der Waals surface area contributed by atoms with E-state index in [9.17, 15) is 25.2 Å². The monoisotopic (exact) mass is 472 g/mol. The van der Waals surface area contributed by atoms with Crippen molar-refractivity contribution < 1.29 is 39.4 Å². The second-order valence-electron chi connectivity index (χ2n) is 11.1. The number of fused-ring (bicyclic) bond motifs is 2. The van der Waals surface area contributed by atoms with Gasteiger partial charge in [0.2, 0.25) is 12.6 Å². The van der Waals surface area contributed by atoms with E-state index < -0.39 is 41.0 Å². The lowest BCUT2D eigenvalue weighted by molar-refractivity contribution is -0.220. The Labute approximate surface area is 198 Å². The molecule has 4 N–H and O–H groups in total. The molecular formula is C26H32O8. The molecular weight excluding hydrogens is 440 g/mol. The average Bonchev–Trinajstić information content (AvgIpc) is 3.17. The summed E-state index contributed by atoms with van der Waals surface area (Å²) in [6.45, 7) is 10.9. The lowest BCUT2D eigenvalue weighted by atomic mass is 9.70. The predicted octanol–water partition coefficient (Wildman–Crippen LogP) is 3.62. The summed E-state index contributed by atoms with van der Waals surface area (Å²) in [7, 11) is 0. The number of aliphatic hydroxyl groups is 2. The third kappa shape index (κ3) is 3.84. The van der Waals surface area contributed by atoms with Crippen LogP contribution in [0.2, 0.25) is 0 Å². The highest BCUT2D eigenvalue weighted by molar-refractivity contribution is 5.76. The number of hydrogen-bond acceptors (Lipinski definition) is 7. The van der Waals surface area contributed by atoms with E-state index in [1.165, 1.54) is 0 Å². The summed E-state index contributed by atoms with van der Waals surface area (Å²) in [5.41, 5.74) is 1.47. The van der Waals surface area contributed by atoms with Crippen LogP contribution >= 0.6 is 0 Å². The molecule has 8 heteroatoms. The molecule has 2 aromatic rings. The number of aromatic hydroxyl groups is 1. The van der Waals surface area contributed by atoms with E-state index in [0.29, 0.717) is 33.8 Å². The number of phenolic OH excluding ortho intramolecular Hbond substituents is 1. The zero-order valence-corrected chi connectivity index (χ0v) is 20.3. The Morgan fingerprint density at radius 3 is 1.97 bits per heavy atom. The molecule has 0 radical (unpaired) electrons. The highest BCUT2D eigenvalue weighted by atomic mass is 16.7. The molecule has 184 valence electrons. The first-order chi connectivity index (χ1) is 15.7. The molecule has 0 saturated heterocycles. The minimum Gasteiger partial charge on any atom is -0.507 e. The lowest BCUT2D eigenvalue weighted by Gasteiger charge is -2.43. The minimum atomic E-state index is -2.38. The maximum Gasteiger partial charge on any atom is 0.314 e. The number of hydrogen-bond donors (Lipinski definition) is 4. The van der Waals surface area contributed by atoms with Gasteiger partial charge in [-0.15, -0.1) is 0 Å². The van der Waals surface area contributed by atoms with E-state index >= 15 is 0 Å². The summed E-state index contributed by atoms with van der Waals surface area (Å²) in [5.74, 6) is -4.94. The first-order valence-electron chi connectivity index (χ1n) is 11.2. The lowest BCUT2D eigenvalue weighted by Crippen LogP contribution is -2.55. The van der Waals surface area contributed by atoms with Gasteiger partial charge < -0.3 is 34.6 Å². The molecule has 0 aliphatic carbocycles. The number of carboxylic acid groups (broad SMARTS) is 1. The van der Waals surface area contributed by atoms with Crippen molar-refractivity contribution in [2.75, 3.05) is 13.4 Å². The number of aliphatic hydroxyl groups excluding tert-OH is 1. The van der Waals surface area contributed by atoms with Crippen LogP contribution in [0.1, 0.15) is 69.7 Å². The van der Waals surface area contributed by atoms with E-state index in [0.717, 1.165) is 0 Å². The summed E-state index contributed by atoms with van der Waals surface area (Å²) >= 11 is 0. The van der Waals surface area contributed by atoms with Crippen molar-refractivity contribution >= 4 is 5.97 Å². The van der Waals surface area contributed by atoms with Gasteiger partial charge in [0, 0.05) is 17.5 Å². The fourth-order valence-corrected chi connectivity index (χ4v) is 4.78. The van der Waals surface area contributed by atoms with Crippen LogP contribution < -0.4 is 14.2 Å². The van der Waals surface area contributed by atoms with Gasteiger partial charge in [-0.2, -0.15) is 0 Å². The number of phenols is 1. The van der Waals surface area contributed by atoms with Gasteiger partial charge in [0.1, 0.15) is 24.0 Å². The van der Waals surface area contributed by atoms with Crippen LogP contribution in [0.25, 0.3) is 0 Å². The summed E-state index contributed by atoms with van der Waals surface area (Å²) in [5, 5.41) is 42.6. The van der Waals surface area contributed by atoms with Crippen LogP contribution in [0, 0.1) is 5.92 Å². The number of rotatable bonds is 3. The molecule has 3 unspecified atom stereocenters. The minimum absolute atomic E-state index is 0.0110. The Kier molecular flexibility index (Phi) is 5.53. The highest BCUT2D eigenvalue weighted by Crippen LogP contribution is 2.53. The SMILES string of the molecule is CC(C)(C)c1cc(C2c3cc4c(cc3OC(O)(CO)C2C(=O)O)OCO4)cc(C(C)(C)C)c1O. The van der Waals surface area contributed by atoms with Gasteiger partial charge in [0.05, 0.1) is 0 Å². The van der Waals surface area contributed by atoms with E-state index in [1.54, 1.807) is 24.3 Å². The molecule has 34 heavy (non-hydrogen) atoms. The fourth-order valence-electron chi connectivity index (χ4n) is 4.78. The largest absolute Gasteiger partial charge is 0.507 e. The first-order valence-corrected chi connectivity index (χ1v) is 11.2. The maximum atomic E-state index is 12.5. The van der Waals surface area contributed by atoms with Crippen molar-refractivity contribution in [1.82, 2.24) is 0 Å². The van der Waals surface area contributed by atoms with Crippen LogP contribution in [-0.2, 0) is 15.6 Å². The van der Waals surface area contributed by atoms with Crippen LogP contribution in [0.15, 0.2) is 24.3 Å². The van der Waals surface area contributed by atoms with Crippen LogP contribution in [0.3, 0.4) is 0 Å². The van der Waals surface area contributed by atoms with Crippen molar-refractivity contribution in [3.63, 3.8) is 0 Å². The molecule has 4 rings (SSSR count). The second kappa shape index (κ2) is 7.78. The molecule has 0 aromatic heterocycles. The van der Waals surface area contributed by atoms with Crippen LogP contribution in [-0.4, -0.2) is 45.6 Å². The standard InChI is InChI=1S/C26H32O8/c1-24(2,3)15-7-13(8-16(22(15)28)25(4,5)6)20-14-9-18-19(33-12-32-18)10-17(14)34-26(31,11-27)21(20)23(29)30/h7-10,20-21,27-28,31H,11-12H2,1-6H3,(H,29,30). The number of carboxylic acids is 1. The summed E-state index contributed by atoms with van der Waals surface area (Å²) in [6, 6.07) is 6.76. The third-order valence-electron chi connectivity index (χ3n) is 6.55. The molecule has 2 aromatic carbocycles. The Morgan fingerprint density at radius 2 is 1.50 bits per heavy atom. The molecule has 0 bridgehead atoms. The Hall–Kier alpha value is -2.97. The molecule has 0 spiro atoms. The smallest absolute Gasteiger partial charge is 0.314 e. The van der Waals surface area contributed by atoms with E-state index in [-0.39, 0.29) is 18.3 Å². The van der Waals surface area contributed by atoms with Gasteiger partial charge in [-0.05, 0) is 33.6 Å². The van der Waals surface area contributed by atoms with E-state index in [1.807, 2.05) is 41.5 Å². The van der Waals surface area contributed by atoms with Crippen molar-refractivity contribution in [3.05, 3.63) is 46.5 Å². The summed E-state index contributed by atoms with van der Waals surface area (Å²) in [4.78, 5) is 12.5. The molecule has 3 atom stereocenters. The van der Waals surface area contributed by atoms with Gasteiger partial charge in [0.15, 0.2) is 11.5 Å². The molecule has 2 aliphatic rings. The normalized spacial score (nSPS) is 23.9. The number of carbonyl (C=O) groups is 1. The predicted molar refractivity (Wildman–Crippen MR) is 124 cm³/mol. The average molecular weight is 473 g/mol. The molecule has 0 fully saturated rings. The van der Waals surface area contributed by atoms with Crippen molar-refractivity contribution in [2.24, 2.45) is 5.92 Å². The van der Waals surface area contributed by atoms with Crippen LogP contribution in [0.4, 0.5) is 0 Å². The summed E-state index contributed by atoms with van der Waals surface area (Å²) < 4.78 is 16.6. The van der Waals surface area contributed by atoms with Gasteiger partial charge in [-0.3, -0.25) is 4.79 Å². The third-order valence-corrected chi connectivity index (χ3v) is 6.55. The molecule has 0 amide bonds.